The number of carbonyl (C=O) groups excluding carboxylic acids is 1. The largest absolute Gasteiger partial charge is 0.449 e. The molecule has 0 N–H and O–H groups in total. The van der Waals surface area contributed by atoms with Crippen molar-refractivity contribution in [2.75, 3.05) is 6.61 Å². The highest BCUT2D eigenvalue weighted by atomic mass is 16.6. The van der Waals surface area contributed by atoms with Gasteiger partial charge in [-0.25, -0.2) is 4.79 Å². The SMILES string of the molecule is CCC(C)N(C(=O)OCC(C)C)C(C)CC. The Bertz CT molecular complexity index is 194. The van der Waals surface area contributed by atoms with Gasteiger partial charge in [-0.1, -0.05) is 27.7 Å². The third-order valence-corrected chi connectivity index (χ3v) is 2.88. The second-order valence-electron chi connectivity index (χ2n) is 4.89. The maximum atomic E-state index is 12.0. The summed E-state index contributed by atoms with van der Waals surface area (Å²) in [6.45, 7) is 12.9. The lowest BCUT2D eigenvalue weighted by Crippen LogP contribution is -2.44. The molecule has 0 aliphatic rings. The Labute approximate surface area is 100 Å². The van der Waals surface area contributed by atoms with Crippen LogP contribution in [0.4, 0.5) is 4.79 Å². The number of carbonyl (C=O) groups is 1. The van der Waals surface area contributed by atoms with Gasteiger partial charge < -0.3 is 9.64 Å². The average molecular weight is 229 g/mol. The van der Waals surface area contributed by atoms with Crippen LogP contribution in [0.3, 0.4) is 0 Å². The lowest BCUT2D eigenvalue weighted by atomic mass is 10.1. The molecule has 3 nitrogen and oxygen atoms in total. The van der Waals surface area contributed by atoms with Gasteiger partial charge in [-0.15, -0.1) is 0 Å². The maximum absolute atomic E-state index is 12.0. The monoisotopic (exact) mass is 229 g/mol. The molecule has 0 aromatic rings. The summed E-state index contributed by atoms with van der Waals surface area (Å²) in [7, 11) is 0. The van der Waals surface area contributed by atoms with E-state index in [0.717, 1.165) is 12.8 Å². The fourth-order valence-electron chi connectivity index (χ4n) is 1.50. The van der Waals surface area contributed by atoms with Crippen LogP contribution in [-0.4, -0.2) is 29.7 Å². The van der Waals surface area contributed by atoms with Crippen LogP contribution in [0.1, 0.15) is 54.4 Å². The molecule has 0 aliphatic carbocycles. The molecule has 0 saturated heterocycles. The zero-order valence-electron chi connectivity index (χ0n) is 11.6. The average Bonchev–Trinajstić information content (AvgIpc) is 2.25. The molecule has 1 amide bonds. The van der Waals surface area contributed by atoms with Crippen LogP contribution in [-0.2, 0) is 4.74 Å². The fraction of sp³-hybridized carbons (Fsp3) is 0.923. The predicted molar refractivity (Wildman–Crippen MR) is 67.5 cm³/mol. The second-order valence-corrected chi connectivity index (χ2v) is 4.89. The number of amides is 1. The number of hydrogen-bond donors (Lipinski definition) is 0. The molecule has 0 bridgehead atoms. The zero-order valence-corrected chi connectivity index (χ0v) is 11.6. The van der Waals surface area contributed by atoms with Gasteiger partial charge in [0.1, 0.15) is 0 Å². The topological polar surface area (TPSA) is 29.5 Å². The van der Waals surface area contributed by atoms with E-state index in [-0.39, 0.29) is 18.2 Å². The lowest BCUT2D eigenvalue weighted by Gasteiger charge is -2.33. The van der Waals surface area contributed by atoms with E-state index in [9.17, 15) is 4.79 Å². The van der Waals surface area contributed by atoms with Gasteiger partial charge in [0.05, 0.1) is 6.61 Å². The summed E-state index contributed by atoms with van der Waals surface area (Å²) in [6.07, 6.45) is 1.75. The van der Waals surface area contributed by atoms with Crippen molar-refractivity contribution in [3.8, 4) is 0 Å². The van der Waals surface area contributed by atoms with E-state index in [0.29, 0.717) is 12.5 Å². The van der Waals surface area contributed by atoms with Crippen molar-refractivity contribution >= 4 is 6.09 Å². The Morgan fingerprint density at radius 1 is 1.06 bits per heavy atom. The molecule has 0 aromatic carbocycles. The maximum Gasteiger partial charge on any atom is 0.410 e. The lowest BCUT2D eigenvalue weighted by molar-refractivity contribution is 0.0630. The minimum atomic E-state index is -0.169. The second kappa shape index (κ2) is 7.53. The van der Waals surface area contributed by atoms with Crippen LogP contribution in [0.5, 0.6) is 0 Å². The first-order valence-corrected chi connectivity index (χ1v) is 6.39. The van der Waals surface area contributed by atoms with Gasteiger partial charge >= 0.3 is 6.09 Å². The van der Waals surface area contributed by atoms with Crippen LogP contribution < -0.4 is 0 Å². The first kappa shape index (κ1) is 15.3. The molecule has 3 heteroatoms. The molecule has 0 saturated carbocycles. The van der Waals surface area contributed by atoms with E-state index < -0.39 is 0 Å². The molecule has 2 unspecified atom stereocenters. The first-order chi connectivity index (χ1) is 7.43. The van der Waals surface area contributed by atoms with Crippen molar-refractivity contribution in [2.45, 2.75) is 66.5 Å². The first-order valence-electron chi connectivity index (χ1n) is 6.39. The Kier molecular flexibility index (Phi) is 7.18. The molecule has 0 fully saturated rings. The highest BCUT2D eigenvalue weighted by Gasteiger charge is 2.24. The predicted octanol–water partition coefficient (Wildman–Crippen LogP) is 3.68. The van der Waals surface area contributed by atoms with Crippen LogP contribution >= 0.6 is 0 Å². The summed E-state index contributed by atoms with van der Waals surface area (Å²) in [5.74, 6) is 0.389. The highest BCUT2D eigenvalue weighted by Crippen LogP contribution is 2.13. The van der Waals surface area contributed by atoms with Gasteiger partial charge in [0.25, 0.3) is 0 Å². The van der Waals surface area contributed by atoms with Crippen molar-refractivity contribution in [1.82, 2.24) is 4.90 Å². The molecule has 16 heavy (non-hydrogen) atoms. The van der Waals surface area contributed by atoms with Gasteiger partial charge in [-0.3, -0.25) is 0 Å². The molecule has 0 heterocycles. The summed E-state index contributed by atoms with van der Waals surface area (Å²) < 4.78 is 5.30. The number of nitrogens with zero attached hydrogens (tertiary/aromatic N) is 1. The minimum Gasteiger partial charge on any atom is -0.449 e. The van der Waals surface area contributed by atoms with E-state index in [1.165, 1.54) is 0 Å². The summed E-state index contributed by atoms with van der Waals surface area (Å²) in [5.41, 5.74) is 0. The van der Waals surface area contributed by atoms with Crippen LogP contribution in [0.25, 0.3) is 0 Å². The minimum absolute atomic E-state index is 0.169. The van der Waals surface area contributed by atoms with E-state index in [1.54, 1.807) is 0 Å². The van der Waals surface area contributed by atoms with Gasteiger partial charge in [0, 0.05) is 12.1 Å². The smallest absolute Gasteiger partial charge is 0.410 e. The van der Waals surface area contributed by atoms with Crippen molar-refractivity contribution in [1.29, 1.82) is 0 Å². The van der Waals surface area contributed by atoms with Gasteiger partial charge in [-0.05, 0) is 32.6 Å². The normalized spacial score (nSPS) is 14.7. The molecule has 0 rings (SSSR count). The van der Waals surface area contributed by atoms with Crippen molar-refractivity contribution in [3.63, 3.8) is 0 Å². The summed E-state index contributed by atoms with van der Waals surface area (Å²) >= 11 is 0. The third-order valence-electron chi connectivity index (χ3n) is 2.88. The number of hydrogen-bond acceptors (Lipinski definition) is 2. The molecular formula is C13H27NO2. The standard InChI is InChI=1S/C13H27NO2/c1-7-11(5)14(12(6)8-2)13(15)16-9-10(3)4/h10-12H,7-9H2,1-6H3. The van der Waals surface area contributed by atoms with Crippen LogP contribution in [0.15, 0.2) is 0 Å². The van der Waals surface area contributed by atoms with Crippen molar-refractivity contribution in [3.05, 3.63) is 0 Å². The molecule has 0 radical (unpaired) electrons. The Balaban J connectivity index is 4.44. The van der Waals surface area contributed by atoms with E-state index in [2.05, 4.69) is 27.7 Å². The van der Waals surface area contributed by atoms with Crippen LogP contribution in [0.2, 0.25) is 0 Å². The third kappa shape index (κ3) is 4.86. The quantitative estimate of drug-likeness (QED) is 0.695. The Hall–Kier alpha value is -0.730. The molecule has 2 atom stereocenters. The van der Waals surface area contributed by atoms with Gasteiger partial charge in [0.15, 0.2) is 0 Å². The molecular weight excluding hydrogens is 202 g/mol. The van der Waals surface area contributed by atoms with Crippen LogP contribution in [0, 0.1) is 5.92 Å². The summed E-state index contributed by atoms with van der Waals surface area (Å²) in [4.78, 5) is 13.8. The van der Waals surface area contributed by atoms with Crippen molar-refractivity contribution in [2.24, 2.45) is 5.92 Å². The zero-order chi connectivity index (χ0) is 12.7. The number of ether oxygens (including phenoxy) is 1. The molecule has 0 aliphatic heterocycles. The van der Waals surface area contributed by atoms with Crippen molar-refractivity contribution < 1.29 is 9.53 Å². The Morgan fingerprint density at radius 2 is 1.50 bits per heavy atom. The molecule has 0 aromatic heterocycles. The van der Waals surface area contributed by atoms with Gasteiger partial charge in [0.2, 0.25) is 0 Å². The highest BCUT2D eigenvalue weighted by molar-refractivity contribution is 5.68. The molecule has 96 valence electrons. The molecule has 0 spiro atoms. The van der Waals surface area contributed by atoms with E-state index in [4.69, 9.17) is 4.74 Å². The summed E-state index contributed by atoms with van der Waals surface area (Å²) in [5, 5.41) is 0. The summed E-state index contributed by atoms with van der Waals surface area (Å²) in [6, 6.07) is 0.490. The van der Waals surface area contributed by atoms with E-state index >= 15 is 0 Å². The Morgan fingerprint density at radius 3 is 1.81 bits per heavy atom. The number of rotatable bonds is 6. The van der Waals surface area contributed by atoms with E-state index in [1.807, 2.05) is 18.7 Å². The fourth-order valence-corrected chi connectivity index (χ4v) is 1.50. The van der Waals surface area contributed by atoms with Gasteiger partial charge in [-0.2, -0.15) is 0 Å².